The minimum atomic E-state index is 0.634. The van der Waals surface area contributed by atoms with Crippen molar-refractivity contribution >= 4 is 15.9 Å². The third-order valence-electron chi connectivity index (χ3n) is 1.70. The summed E-state index contributed by atoms with van der Waals surface area (Å²) in [5.74, 6) is 0. The fourth-order valence-electron chi connectivity index (χ4n) is 1.19. The lowest BCUT2D eigenvalue weighted by Gasteiger charge is -2.23. The molecule has 0 saturated heterocycles. The predicted molar refractivity (Wildman–Crippen MR) is 62.5 cm³/mol. The highest BCUT2D eigenvalue weighted by Crippen LogP contribution is 2.09. The number of nitrogens with zero attached hydrogens (tertiary/aromatic N) is 1. The van der Waals surface area contributed by atoms with Crippen molar-refractivity contribution < 1.29 is 0 Å². The molecule has 2 nitrogen and oxygen atoms in total. The molecular formula is C10H19BrN2. The minimum absolute atomic E-state index is 0.634. The standard InChI is InChI=1S/C10H19BrN2/c1-4-6-13(7-5-2)9(3)8-10(11)12/h8H,3-7,12H2,1-2H3/b10-8-. The number of hydrogen-bond acceptors (Lipinski definition) is 2. The van der Waals surface area contributed by atoms with E-state index in [1.54, 1.807) is 0 Å². The summed E-state index contributed by atoms with van der Waals surface area (Å²) in [4.78, 5) is 2.24. The van der Waals surface area contributed by atoms with E-state index in [9.17, 15) is 0 Å². The van der Waals surface area contributed by atoms with Crippen molar-refractivity contribution in [1.29, 1.82) is 0 Å². The average molecular weight is 247 g/mol. The molecule has 0 aromatic rings. The number of rotatable bonds is 6. The zero-order valence-corrected chi connectivity index (χ0v) is 10.1. The lowest BCUT2D eigenvalue weighted by molar-refractivity contribution is 0.356. The molecule has 0 aromatic carbocycles. The third-order valence-corrected chi connectivity index (χ3v) is 1.93. The molecule has 0 atom stereocenters. The fraction of sp³-hybridized carbons (Fsp3) is 0.600. The van der Waals surface area contributed by atoms with Gasteiger partial charge < -0.3 is 10.6 Å². The highest BCUT2D eigenvalue weighted by molar-refractivity contribution is 9.11. The van der Waals surface area contributed by atoms with Gasteiger partial charge in [0.1, 0.15) is 0 Å². The number of hydrogen-bond donors (Lipinski definition) is 1. The molecule has 2 N–H and O–H groups in total. The Balaban J connectivity index is 4.19. The molecule has 0 aromatic heterocycles. The molecule has 0 aliphatic carbocycles. The van der Waals surface area contributed by atoms with Gasteiger partial charge in [0.2, 0.25) is 0 Å². The molecule has 0 radical (unpaired) electrons. The predicted octanol–water partition coefficient (Wildman–Crippen LogP) is 2.82. The van der Waals surface area contributed by atoms with Crippen LogP contribution in [-0.2, 0) is 0 Å². The van der Waals surface area contributed by atoms with E-state index in [2.05, 4.69) is 41.3 Å². The first kappa shape index (κ1) is 12.6. The van der Waals surface area contributed by atoms with Crippen molar-refractivity contribution in [2.75, 3.05) is 13.1 Å². The van der Waals surface area contributed by atoms with Crippen molar-refractivity contribution in [3.05, 3.63) is 23.0 Å². The summed E-state index contributed by atoms with van der Waals surface area (Å²) in [7, 11) is 0. The van der Waals surface area contributed by atoms with Gasteiger partial charge in [-0.3, -0.25) is 0 Å². The van der Waals surface area contributed by atoms with Gasteiger partial charge in [-0.2, -0.15) is 0 Å². The SMILES string of the molecule is C=C(/C=C(\N)Br)N(CCC)CCC. The van der Waals surface area contributed by atoms with Crippen LogP contribution in [0.25, 0.3) is 0 Å². The van der Waals surface area contributed by atoms with Gasteiger partial charge in [0.15, 0.2) is 0 Å². The van der Waals surface area contributed by atoms with Crippen LogP contribution in [0.2, 0.25) is 0 Å². The molecule has 0 aliphatic rings. The Bertz CT molecular complexity index is 177. The van der Waals surface area contributed by atoms with Gasteiger partial charge in [0, 0.05) is 18.8 Å². The smallest absolute Gasteiger partial charge is 0.0774 e. The van der Waals surface area contributed by atoms with E-state index in [1.807, 2.05) is 6.08 Å². The zero-order chi connectivity index (χ0) is 10.3. The van der Waals surface area contributed by atoms with E-state index in [4.69, 9.17) is 5.73 Å². The quantitative estimate of drug-likeness (QED) is 0.577. The Morgan fingerprint density at radius 2 is 1.85 bits per heavy atom. The van der Waals surface area contributed by atoms with E-state index in [1.165, 1.54) is 0 Å². The van der Waals surface area contributed by atoms with E-state index in [0.717, 1.165) is 31.6 Å². The van der Waals surface area contributed by atoms with Crippen LogP contribution in [-0.4, -0.2) is 18.0 Å². The Hall–Kier alpha value is -0.440. The number of halogens is 1. The molecular weight excluding hydrogens is 228 g/mol. The van der Waals surface area contributed by atoms with Crippen LogP contribution in [0, 0.1) is 0 Å². The van der Waals surface area contributed by atoms with Crippen LogP contribution in [0.5, 0.6) is 0 Å². The summed E-state index contributed by atoms with van der Waals surface area (Å²) >= 11 is 3.20. The van der Waals surface area contributed by atoms with Crippen LogP contribution in [0.1, 0.15) is 26.7 Å². The largest absolute Gasteiger partial charge is 0.393 e. The number of allylic oxidation sites excluding steroid dienone is 1. The van der Waals surface area contributed by atoms with Gasteiger partial charge in [0.25, 0.3) is 0 Å². The van der Waals surface area contributed by atoms with Gasteiger partial charge in [-0.25, -0.2) is 0 Å². The Labute approximate surface area is 89.6 Å². The van der Waals surface area contributed by atoms with Gasteiger partial charge in [-0.05, 0) is 34.8 Å². The molecule has 0 bridgehead atoms. The summed E-state index contributed by atoms with van der Waals surface area (Å²) in [5, 5.41) is 0. The van der Waals surface area contributed by atoms with Crippen LogP contribution in [0.4, 0.5) is 0 Å². The molecule has 0 spiro atoms. The normalized spacial score (nSPS) is 11.5. The monoisotopic (exact) mass is 246 g/mol. The summed E-state index contributed by atoms with van der Waals surface area (Å²) in [6.07, 6.45) is 4.12. The topological polar surface area (TPSA) is 29.3 Å². The summed E-state index contributed by atoms with van der Waals surface area (Å²) in [6, 6.07) is 0. The summed E-state index contributed by atoms with van der Waals surface area (Å²) in [5.41, 5.74) is 6.50. The summed E-state index contributed by atoms with van der Waals surface area (Å²) < 4.78 is 0.634. The summed E-state index contributed by atoms with van der Waals surface area (Å²) in [6.45, 7) is 10.4. The lowest BCUT2D eigenvalue weighted by atomic mass is 10.3. The van der Waals surface area contributed by atoms with Gasteiger partial charge in [0.05, 0.1) is 4.61 Å². The molecule has 0 unspecified atom stereocenters. The molecule has 0 amide bonds. The lowest BCUT2D eigenvalue weighted by Crippen LogP contribution is -2.23. The second kappa shape index (κ2) is 7.01. The number of nitrogens with two attached hydrogens (primary N) is 1. The maximum absolute atomic E-state index is 5.51. The van der Waals surface area contributed by atoms with E-state index >= 15 is 0 Å². The van der Waals surface area contributed by atoms with Crippen molar-refractivity contribution in [1.82, 2.24) is 4.90 Å². The molecule has 0 fully saturated rings. The highest BCUT2D eigenvalue weighted by atomic mass is 79.9. The average Bonchev–Trinajstić information content (AvgIpc) is 2.02. The van der Waals surface area contributed by atoms with Crippen molar-refractivity contribution in [3.63, 3.8) is 0 Å². The van der Waals surface area contributed by atoms with Gasteiger partial charge in [-0.1, -0.05) is 20.4 Å². The van der Waals surface area contributed by atoms with E-state index in [-0.39, 0.29) is 0 Å². The zero-order valence-electron chi connectivity index (χ0n) is 8.52. The maximum atomic E-state index is 5.51. The molecule has 13 heavy (non-hydrogen) atoms. The van der Waals surface area contributed by atoms with Crippen LogP contribution >= 0.6 is 15.9 Å². The molecule has 76 valence electrons. The van der Waals surface area contributed by atoms with Crippen LogP contribution < -0.4 is 5.73 Å². The molecule has 0 heterocycles. The minimum Gasteiger partial charge on any atom is -0.393 e. The maximum Gasteiger partial charge on any atom is 0.0774 e. The fourth-order valence-corrected chi connectivity index (χ4v) is 1.45. The Morgan fingerprint density at radius 1 is 1.38 bits per heavy atom. The first-order valence-corrected chi connectivity index (χ1v) is 5.47. The Kier molecular flexibility index (Phi) is 6.77. The van der Waals surface area contributed by atoms with Gasteiger partial charge >= 0.3 is 0 Å². The Morgan fingerprint density at radius 3 is 2.15 bits per heavy atom. The second-order valence-corrected chi connectivity index (χ2v) is 3.92. The van der Waals surface area contributed by atoms with Gasteiger partial charge in [-0.15, -0.1) is 0 Å². The molecule has 0 aliphatic heterocycles. The highest BCUT2D eigenvalue weighted by Gasteiger charge is 2.02. The first-order valence-electron chi connectivity index (χ1n) is 4.68. The van der Waals surface area contributed by atoms with Crippen molar-refractivity contribution in [2.45, 2.75) is 26.7 Å². The van der Waals surface area contributed by atoms with E-state index < -0.39 is 0 Å². The van der Waals surface area contributed by atoms with Crippen molar-refractivity contribution in [3.8, 4) is 0 Å². The van der Waals surface area contributed by atoms with Crippen LogP contribution in [0.15, 0.2) is 23.0 Å². The molecule has 3 heteroatoms. The third kappa shape index (κ3) is 5.75. The van der Waals surface area contributed by atoms with E-state index in [0.29, 0.717) is 4.61 Å². The molecule has 0 saturated carbocycles. The molecule has 0 rings (SSSR count). The first-order chi connectivity index (χ1) is 6.11. The van der Waals surface area contributed by atoms with Crippen molar-refractivity contribution in [2.24, 2.45) is 5.73 Å². The van der Waals surface area contributed by atoms with Crippen LogP contribution in [0.3, 0.4) is 0 Å². The second-order valence-electron chi connectivity index (χ2n) is 3.01.